The number of piperidine rings is 2. The molecule has 1 aromatic carbocycles. The zero-order valence-corrected chi connectivity index (χ0v) is 13.6. The molecule has 2 unspecified atom stereocenters. The fourth-order valence-electron chi connectivity index (χ4n) is 4.72. The van der Waals surface area contributed by atoms with Crippen LogP contribution < -0.4 is 4.74 Å². The molecule has 0 radical (unpaired) electrons. The Morgan fingerprint density at radius 1 is 1.27 bits per heavy atom. The SMILES string of the molecule is CN1C2CCCC1CC(O)(CCc1ccc3c(c1)CCO3)C2. The number of hydrogen-bond acceptors (Lipinski definition) is 3. The maximum atomic E-state index is 11.1. The molecule has 1 N–H and O–H groups in total. The molecule has 3 aliphatic heterocycles. The van der Waals surface area contributed by atoms with Gasteiger partial charge in [-0.05, 0) is 62.8 Å². The van der Waals surface area contributed by atoms with E-state index in [4.69, 9.17) is 4.74 Å². The summed E-state index contributed by atoms with van der Waals surface area (Å²) in [5.41, 5.74) is 2.23. The predicted molar refractivity (Wildman–Crippen MR) is 87.3 cm³/mol. The Balaban J connectivity index is 1.42. The lowest BCUT2D eigenvalue weighted by Gasteiger charge is -2.50. The molecule has 0 aliphatic carbocycles. The van der Waals surface area contributed by atoms with E-state index in [1.54, 1.807) is 0 Å². The summed E-state index contributed by atoms with van der Waals surface area (Å²) < 4.78 is 5.57. The number of rotatable bonds is 3. The van der Waals surface area contributed by atoms with Gasteiger partial charge in [0.15, 0.2) is 0 Å². The van der Waals surface area contributed by atoms with Crippen LogP contribution in [-0.4, -0.2) is 41.3 Å². The molecule has 1 aromatic rings. The molecule has 2 atom stereocenters. The molecule has 22 heavy (non-hydrogen) atoms. The Kier molecular flexibility index (Phi) is 3.66. The number of aliphatic hydroxyl groups is 1. The van der Waals surface area contributed by atoms with Crippen LogP contribution in [0.25, 0.3) is 0 Å². The normalized spacial score (nSPS) is 34.3. The molecular weight excluding hydrogens is 274 g/mol. The highest BCUT2D eigenvalue weighted by molar-refractivity contribution is 5.39. The number of aryl methyl sites for hydroxylation is 1. The first kappa shape index (κ1) is 14.5. The summed E-state index contributed by atoms with van der Waals surface area (Å²) in [6.07, 6.45) is 8.66. The van der Waals surface area contributed by atoms with Crippen molar-refractivity contribution in [1.29, 1.82) is 0 Å². The highest BCUT2D eigenvalue weighted by Crippen LogP contribution is 2.40. The average molecular weight is 301 g/mol. The molecule has 3 heterocycles. The van der Waals surface area contributed by atoms with Gasteiger partial charge in [-0.15, -0.1) is 0 Å². The minimum Gasteiger partial charge on any atom is -0.493 e. The second-order valence-corrected chi connectivity index (χ2v) is 7.58. The highest BCUT2D eigenvalue weighted by atomic mass is 16.5. The number of ether oxygens (including phenoxy) is 1. The van der Waals surface area contributed by atoms with E-state index in [0.717, 1.165) is 44.5 Å². The quantitative estimate of drug-likeness (QED) is 0.932. The first-order chi connectivity index (χ1) is 10.6. The minimum absolute atomic E-state index is 0.461. The van der Waals surface area contributed by atoms with Crippen molar-refractivity contribution in [3.05, 3.63) is 29.3 Å². The molecule has 4 rings (SSSR count). The van der Waals surface area contributed by atoms with Gasteiger partial charge in [-0.2, -0.15) is 0 Å². The van der Waals surface area contributed by atoms with Gasteiger partial charge in [-0.25, -0.2) is 0 Å². The zero-order chi connectivity index (χ0) is 15.2. The molecule has 0 saturated carbocycles. The Morgan fingerprint density at radius 2 is 2.05 bits per heavy atom. The molecule has 2 saturated heterocycles. The maximum absolute atomic E-state index is 11.1. The van der Waals surface area contributed by atoms with E-state index >= 15 is 0 Å². The van der Waals surface area contributed by atoms with Crippen LogP contribution in [0.4, 0.5) is 0 Å². The maximum Gasteiger partial charge on any atom is 0.122 e. The second-order valence-electron chi connectivity index (χ2n) is 7.58. The van der Waals surface area contributed by atoms with Gasteiger partial charge in [-0.3, -0.25) is 0 Å². The summed E-state index contributed by atoms with van der Waals surface area (Å²) in [5, 5.41) is 11.1. The van der Waals surface area contributed by atoms with Crippen molar-refractivity contribution in [2.24, 2.45) is 0 Å². The molecule has 3 heteroatoms. The zero-order valence-electron chi connectivity index (χ0n) is 13.6. The summed E-state index contributed by atoms with van der Waals surface area (Å²) in [6.45, 7) is 0.818. The summed E-state index contributed by atoms with van der Waals surface area (Å²) in [4.78, 5) is 2.52. The Labute approximate surface area is 133 Å². The van der Waals surface area contributed by atoms with Crippen LogP contribution >= 0.6 is 0 Å². The molecule has 3 aliphatic rings. The number of benzene rings is 1. The third kappa shape index (κ3) is 2.65. The van der Waals surface area contributed by atoms with E-state index in [1.165, 1.54) is 30.4 Å². The van der Waals surface area contributed by atoms with E-state index in [2.05, 4.69) is 30.1 Å². The molecule has 3 nitrogen and oxygen atoms in total. The van der Waals surface area contributed by atoms with Crippen molar-refractivity contribution >= 4 is 0 Å². The molecule has 0 spiro atoms. The van der Waals surface area contributed by atoms with E-state index in [1.807, 2.05) is 0 Å². The lowest BCUT2D eigenvalue weighted by atomic mass is 9.73. The summed E-state index contributed by atoms with van der Waals surface area (Å²) in [6, 6.07) is 7.73. The standard InChI is InChI=1S/C19H27NO2/c1-20-16-3-2-4-17(20)13-19(21,12-16)9-7-14-5-6-18-15(11-14)8-10-22-18/h5-6,11,16-17,21H,2-4,7-10,12-13H2,1H3. The van der Waals surface area contributed by atoms with Crippen LogP contribution in [-0.2, 0) is 12.8 Å². The Bertz CT molecular complexity index is 542. The lowest BCUT2D eigenvalue weighted by molar-refractivity contribution is -0.0866. The van der Waals surface area contributed by atoms with Crippen molar-refractivity contribution in [3.8, 4) is 5.75 Å². The van der Waals surface area contributed by atoms with Gasteiger partial charge in [0, 0.05) is 18.5 Å². The smallest absolute Gasteiger partial charge is 0.122 e. The first-order valence-corrected chi connectivity index (χ1v) is 8.82. The van der Waals surface area contributed by atoms with Gasteiger partial charge < -0.3 is 14.7 Å². The van der Waals surface area contributed by atoms with Crippen molar-refractivity contribution in [3.63, 3.8) is 0 Å². The predicted octanol–water partition coefficient (Wildman–Crippen LogP) is 2.93. The lowest BCUT2D eigenvalue weighted by Crippen LogP contribution is -2.56. The molecular formula is C19H27NO2. The third-order valence-electron chi connectivity index (χ3n) is 6.09. The van der Waals surface area contributed by atoms with Gasteiger partial charge in [0.1, 0.15) is 5.75 Å². The topological polar surface area (TPSA) is 32.7 Å². The number of hydrogen-bond donors (Lipinski definition) is 1. The van der Waals surface area contributed by atoms with Crippen LogP contribution in [0.5, 0.6) is 5.75 Å². The van der Waals surface area contributed by atoms with Crippen molar-refractivity contribution in [1.82, 2.24) is 4.90 Å². The van der Waals surface area contributed by atoms with Gasteiger partial charge in [0.25, 0.3) is 0 Å². The van der Waals surface area contributed by atoms with E-state index in [-0.39, 0.29) is 0 Å². The molecule has 2 fully saturated rings. The number of fused-ring (bicyclic) bond motifs is 3. The van der Waals surface area contributed by atoms with E-state index in [0.29, 0.717) is 12.1 Å². The van der Waals surface area contributed by atoms with Crippen LogP contribution in [0.2, 0.25) is 0 Å². The van der Waals surface area contributed by atoms with Gasteiger partial charge >= 0.3 is 0 Å². The largest absolute Gasteiger partial charge is 0.493 e. The highest BCUT2D eigenvalue weighted by Gasteiger charge is 2.43. The monoisotopic (exact) mass is 301 g/mol. The molecule has 2 bridgehead atoms. The van der Waals surface area contributed by atoms with Crippen LogP contribution in [0.3, 0.4) is 0 Å². The van der Waals surface area contributed by atoms with E-state index in [9.17, 15) is 5.11 Å². The molecule has 0 aromatic heterocycles. The van der Waals surface area contributed by atoms with E-state index < -0.39 is 5.60 Å². The Morgan fingerprint density at radius 3 is 2.82 bits per heavy atom. The minimum atomic E-state index is -0.461. The van der Waals surface area contributed by atoms with Crippen LogP contribution in [0, 0.1) is 0 Å². The van der Waals surface area contributed by atoms with Crippen molar-refractivity contribution in [2.75, 3.05) is 13.7 Å². The number of nitrogens with zero attached hydrogens (tertiary/aromatic N) is 1. The van der Waals surface area contributed by atoms with Gasteiger partial charge in [0.05, 0.1) is 12.2 Å². The fourth-order valence-corrected chi connectivity index (χ4v) is 4.72. The first-order valence-electron chi connectivity index (χ1n) is 8.82. The van der Waals surface area contributed by atoms with Gasteiger partial charge in [-0.1, -0.05) is 18.6 Å². The van der Waals surface area contributed by atoms with Crippen molar-refractivity contribution in [2.45, 2.75) is 69.1 Å². The second kappa shape index (κ2) is 5.54. The average Bonchev–Trinajstić information content (AvgIpc) is 2.95. The summed E-state index contributed by atoms with van der Waals surface area (Å²) >= 11 is 0. The van der Waals surface area contributed by atoms with Gasteiger partial charge in [0.2, 0.25) is 0 Å². The summed E-state index contributed by atoms with van der Waals surface area (Å²) in [5.74, 6) is 1.05. The fraction of sp³-hybridized carbons (Fsp3) is 0.684. The third-order valence-corrected chi connectivity index (χ3v) is 6.09. The summed E-state index contributed by atoms with van der Waals surface area (Å²) in [7, 11) is 2.24. The Hall–Kier alpha value is -1.06. The van der Waals surface area contributed by atoms with Crippen molar-refractivity contribution < 1.29 is 9.84 Å². The van der Waals surface area contributed by atoms with Crippen LogP contribution in [0.15, 0.2) is 18.2 Å². The van der Waals surface area contributed by atoms with Crippen LogP contribution in [0.1, 0.15) is 49.7 Å². The molecule has 120 valence electrons. The molecule has 0 amide bonds.